The second-order valence-electron chi connectivity index (χ2n) is 6.44. The van der Waals surface area contributed by atoms with Crippen molar-refractivity contribution in [2.24, 2.45) is 0 Å². The summed E-state index contributed by atoms with van der Waals surface area (Å²) in [6, 6.07) is 9.24. The second kappa shape index (κ2) is 8.18. The van der Waals surface area contributed by atoms with Crippen LogP contribution in [0.5, 0.6) is 5.75 Å². The number of Topliss-reactive ketones (excluding diaryl/α,β-unsaturated/α-hetero) is 1. The molecule has 0 fully saturated rings. The molecule has 0 saturated heterocycles. The van der Waals surface area contributed by atoms with E-state index in [9.17, 15) is 4.79 Å². The molecule has 0 aliphatic heterocycles. The van der Waals surface area contributed by atoms with E-state index >= 15 is 0 Å². The van der Waals surface area contributed by atoms with E-state index in [0.29, 0.717) is 23.8 Å². The molecule has 0 saturated carbocycles. The van der Waals surface area contributed by atoms with Gasteiger partial charge in [-0.25, -0.2) is 0 Å². The Balaban J connectivity index is 1.67. The highest BCUT2D eigenvalue weighted by Gasteiger charge is 2.19. The zero-order chi connectivity index (χ0) is 19.4. The van der Waals surface area contributed by atoms with Crippen molar-refractivity contribution in [2.45, 2.75) is 26.8 Å². The maximum absolute atomic E-state index is 12.6. The van der Waals surface area contributed by atoms with Crippen LogP contribution in [0.1, 0.15) is 34.7 Å². The van der Waals surface area contributed by atoms with Gasteiger partial charge in [-0.15, -0.1) is 10.2 Å². The molecule has 3 aromatic rings. The molecule has 1 aromatic carbocycles. The Hall–Kier alpha value is -2.93. The van der Waals surface area contributed by atoms with Gasteiger partial charge in [0.25, 0.3) is 0 Å². The predicted molar refractivity (Wildman–Crippen MR) is 100 cm³/mol. The molecule has 27 heavy (non-hydrogen) atoms. The van der Waals surface area contributed by atoms with Crippen molar-refractivity contribution >= 4 is 5.78 Å². The van der Waals surface area contributed by atoms with E-state index in [-0.39, 0.29) is 18.4 Å². The van der Waals surface area contributed by atoms with Crippen LogP contribution in [0.4, 0.5) is 0 Å². The van der Waals surface area contributed by atoms with Gasteiger partial charge in [-0.05, 0) is 51.1 Å². The number of aryl methyl sites for hydroxylation is 1. The minimum Gasteiger partial charge on any atom is -0.485 e. The lowest BCUT2D eigenvalue weighted by Gasteiger charge is -2.17. The highest BCUT2D eigenvalue weighted by molar-refractivity contribution is 5.98. The first-order valence-electron chi connectivity index (χ1n) is 8.71. The van der Waals surface area contributed by atoms with Gasteiger partial charge in [0, 0.05) is 29.6 Å². The maximum atomic E-state index is 12.6. The van der Waals surface area contributed by atoms with Crippen molar-refractivity contribution < 1.29 is 18.7 Å². The molecule has 7 heteroatoms. The number of rotatable bonds is 8. The summed E-state index contributed by atoms with van der Waals surface area (Å²) in [6.07, 6.45) is 1.28. The van der Waals surface area contributed by atoms with E-state index in [1.165, 1.54) is 6.39 Å². The molecule has 3 rings (SSSR count). The lowest BCUT2D eigenvalue weighted by Crippen LogP contribution is -2.16. The fraction of sp³-hybridized carbons (Fsp3) is 0.350. The van der Waals surface area contributed by atoms with Crippen molar-refractivity contribution in [3.8, 4) is 17.2 Å². The predicted octanol–water partition coefficient (Wildman–Crippen LogP) is 3.62. The Morgan fingerprint density at radius 3 is 2.63 bits per heavy atom. The molecule has 0 bridgehead atoms. The van der Waals surface area contributed by atoms with Crippen molar-refractivity contribution in [1.82, 2.24) is 14.8 Å². The third-order valence-corrected chi connectivity index (χ3v) is 4.46. The molecule has 142 valence electrons. The minimum absolute atomic E-state index is 0.0249. The van der Waals surface area contributed by atoms with E-state index in [2.05, 4.69) is 21.7 Å². The summed E-state index contributed by atoms with van der Waals surface area (Å²) in [4.78, 5) is 12.6. The monoisotopic (exact) mass is 369 g/mol. The standard InChI is InChI=1S/C20H23N3O4/c1-13-9-18(15(3)23(13)14(2)10-25-4)19(24)11-26-17-7-5-16(6-8-17)20-22-21-12-27-20/h5-9,12,14H,10-11H2,1-4H3. The molecule has 0 radical (unpaired) electrons. The Kier molecular flexibility index (Phi) is 5.71. The zero-order valence-electron chi connectivity index (χ0n) is 15.9. The summed E-state index contributed by atoms with van der Waals surface area (Å²) in [5.74, 6) is 0.989. The van der Waals surface area contributed by atoms with Crippen LogP contribution < -0.4 is 4.74 Å². The van der Waals surface area contributed by atoms with E-state index in [1.54, 1.807) is 19.2 Å². The number of carbonyl (C=O) groups is 1. The van der Waals surface area contributed by atoms with Crippen molar-refractivity contribution in [1.29, 1.82) is 0 Å². The molecule has 0 aliphatic rings. The summed E-state index contributed by atoms with van der Waals surface area (Å²) in [6.45, 7) is 6.58. The minimum atomic E-state index is -0.0556. The maximum Gasteiger partial charge on any atom is 0.247 e. The van der Waals surface area contributed by atoms with Gasteiger partial charge in [-0.2, -0.15) is 0 Å². The highest BCUT2D eigenvalue weighted by atomic mass is 16.5. The summed E-state index contributed by atoms with van der Waals surface area (Å²) in [5, 5.41) is 7.51. The summed E-state index contributed by atoms with van der Waals surface area (Å²) < 4.78 is 18.2. The fourth-order valence-corrected chi connectivity index (χ4v) is 3.27. The molecule has 1 atom stereocenters. The number of aromatic nitrogens is 3. The number of benzene rings is 1. The molecular formula is C20H23N3O4. The Morgan fingerprint density at radius 1 is 1.26 bits per heavy atom. The Labute approximate surface area is 157 Å². The quantitative estimate of drug-likeness (QED) is 0.564. The number of hydrogen-bond donors (Lipinski definition) is 0. The van der Waals surface area contributed by atoms with Crippen LogP contribution in [0, 0.1) is 13.8 Å². The average molecular weight is 369 g/mol. The summed E-state index contributed by atoms with van der Waals surface area (Å²) >= 11 is 0. The van der Waals surface area contributed by atoms with Crippen LogP contribution >= 0.6 is 0 Å². The molecule has 0 spiro atoms. The van der Waals surface area contributed by atoms with Crippen molar-refractivity contribution in [3.05, 3.63) is 53.7 Å². The molecule has 0 aliphatic carbocycles. The topological polar surface area (TPSA) is 79.4 Å². The molecule has 0 N–H and O–H groups in total. The number of ether oxygens (including phenoxy) is 2. The molecule has 7 nitrogen and oxygen atoms in total. The van der Waals surface area contributed by atoms with E-state index < -0.39 is 0 Å². The van der Waals surface area contributed by atoms with E-state index in [0.717, 1.165) is 17.0 Å². The Morgan fingerprint density at radius 2 is 2.00 bits per heavy atom. The lowest BCUT2D eigenvalue weighted by molar-refractivity contribution is 0.0920. The molecule has 0 amide bonds. The van der Waals surface area contributed by atoms with Crippen molar-refractivity contribution in [3.63, 3.8) is 0 Å². The van der Waals surface area contributed by atoms with Gasteiger partial charge in [0.15, 0.2) is 6.61 Å². The van der Waals surface area contributed by atoms with Crippen LogP contribution in [0.2, 0.25) is 0 Å². The number of ketones is 1. The number of hydrogen-bond acceptors (Lipinski definition) is 6. The van der Waals surface area contributed by atoms with Gasteiger partial charge >= 0.3 is 0 Å². The first kappa shape index (κ1) is 18.8. The molecule has 2 aromatic heterocycles. The highest BCUT2D eigenvalue weighted by Crippen LogP contribution is 2.23. The van der Waals surface area contributed by atoms with E-state index in [4.69, 9.17) is 13.9 Å². The number of nitrogens with zero attached hydrogens (tertiary/aromatic N) is 3. The van der Waals surface area contributed by atoms with Crippen LogP contribution in [0.3, 0.4) is 0 Å². The van der Waals surface area contributed by atoms with Gasteiger partial charge in [0.05, 0.1) is 12.6 Å². The third kappa shape index (κ3) is 4.09. The van der Waals surface area contributed by atoms with Gasteiger partial charge in [0.1, 0.15) is 5.75 Å². The van der Waals surface area contributed by atoms with E-state index in [1.807, 2.05) is 32.0 Å². The van der Waals surface area contributed by atoms with Gasteiger partial charge in [0.2, 0.25) is 18.1 Å². The SMILES string of the molecule is COCC(C)n1c(C)cc(C(=O)COc2ccc(-c3nnco3)cc2)c1C. The Bertz CT molecular complexity index is 898. The van der Waals surface area contributed by atoms with Crippen LogP contribution in [0.25, 0.3) is 11.5 Å². The normalized spacial score (nSPS) is 12.1. The van der Waals surface area contributed by atoms with Crippen LogP contribution in [-0.2, 0) is 4.74 Å². The smallest absolute Gasteiger partial charge is 0.247 e. The largest absolute Gasteiger partial charge is 0.485 e. The van der Waals surface area contributed by atoms with Gasteiger partial charge in [-0.3, -0.25) is 4.79 Å². The lowest BCUT2D eigenvalue weighted by atomic mass is 10.1. The molecular weight excluding hydrogens is 346 g/mol. The van der Waals surface area contributed by atoms with Gasteiger partial charge in [-0.1, -0.05) is 0 Å². The summed E-state index contributed by atoms with van der Waals surface area (Å²) in [5.41, 5.74) is 3.43. The molecule has 2 heterocycles. The van der Waals surface area contributed by atoms with Crippen LogP contribution in [0.15, 0.2) is 41.1 Å². The zero-order valence-corrected chi connectivity index (χ0v) is 15.9. The average Bonchev–Trinajstić information content (AvgIpc) is 3.28. The summed E-state index contributed by atoms with van der Waals surface area (Å²) in [7, 11) is 1.67. The number of carbonyl (C=O) groups excluding carboxylic acids is 1. The fourth-order valence-electron chi connectivity index (χ4n) is 3.27. The number of methoxy groups -OCH3 is 1. The van der Waals surface area contributed by atoms with Gasteiger partial charge < -0.3 is 18.5 Å². The second-order valence-corrected chi connectivity index (χ2v) is 6.44. The van der Waals surface area contributed by atoms with Crippen molar-refractivity contribution in [2.75, 3.05) is 20.3 Å². The first-order chi connectivity index (χ1) is 13.0. The first-order valence-corrected chi connectivity index (χ1v) is 8.71. The molecule has 1 unspecified atom stereocenters. The third-order valence-electron chi connectivity index (χ3n) is 4.46. The van der Waals surface area contributed by atoms with Crippen LogP contribution in [-0.4, -0.2) is 40.9 Å².